The zero-order valence-electron chi connectivity index (χ0n) is 13.5. The molecule has 6 nitrogen and oxygen atoms in total. The van der Waals surface area contributed by atoms with Crippen LogP contribution in [0.2, 0.25) is 0 Å². The van der Waals surface area contributed by atoms with Gasteiger partial charge in [-0.15, -0.1) is 0 Å². The summed E-state index contributed by atoms with van der Waals surface area (Å²) in [4.78, 5) is 27.4. The molecule has 0 saturated heterocycles. The smallest absolute Gasteiger partial charge is 0.252 e. The van der Waals surface area contributed by atoms with Crippen LogP contribution in [0.25, 0.3) is 0 Å². The van der Waals surface area contributed by atoms with Crippen LogP contribution in [0.4, 0.5) is 11.5 Å². The number of hydrogen-bond donors (Lipinski definition) is 3. The van der Waals surface area contributed by atoms with Crippen LogP contribution in [-0.4, -0.2) is 16.8 Å². The van der Waals surface area contributed by atoms with E-state index in [4.69, 9.17) is 5.73 Å². The summed E-state index contributed by atoms with van der Waals surface area (Å²) in [6, 6.07) is 11.7. The van der Waals surface area contributed by atoms with E-state index < -0.39 is 5.91 Å². The van der Waals surface area contributed by atoms with Gasteiger partial charge in [-0.2, -0.15) is 0 Å². The van der Waals surface area contributed by atoms with E-state index in [1.54, 1.807) is 13.0 Å². The van der Waals surface area contributed by atoms with Gasteiger partial charge in [-0.1, -0.05) is 37.3 Å². The Morgan fingerprint density at radius 1 is 1.25 bits per heavy atom. The number of nitrogens with one attached hydrogen (secondary N) is 2. The van der Waals surface area contributed by atoms with Crippen molar-refractivity contribution in [3.05, 3.63) is 53.7 Å². The predicted octanol–water partition coefficient (Wildman–Crippen LogP) is 2.63. The van der Waals surface area contributed by atoms with Gasteiger partial charge in [-0.25, -0.2) is 4.98 Å². The van der Waals surface area contributed by atoms with E-state index in [2.05, 4.69) is 27.8 Å². The predicted molar refractivity (Wildman–Crippen MR) is 92.7 cm³/mol. The lowest BCUT2D eigenvalue weighted by Crippen LogP contribution is -2.23. The SMILES string of the molecule is CCC(=O)Nc1cc(NC2(c3ccccc3)CC2)c(C(N)=O)cn1. The third kappa shape index (κ3) is 3.22. The molecule has 0 atom stereocenters. The van der Waals surface area contributed by atoms with Gasteiger partial charge in [0.2, 0.25) is 5.91 Å². The van der Waals surface area contributed by atoms with Crippen LogP contribution in [-0.2, 0) is 10.3 Å². The molecule has 1 aromatic heterocycles. The summed E-state index contributed by atoms with van der Waals surface area (Å²) in [6.07, 6.45) is 3.69. The zero-order chi connectivity index (χ0) is 17.2. The summed E-state index contributed by atoms with van der Waals surface area (Å²) < 4.78 is 0. The molecule has 124 valence electrons. The molecule has 0 unspecified atom stereocenters. The molecule has 2 amide bonds. The first kappa shape index (κ1) is 16.0. The largest absolute Gasteiger partial charge is 0.375 e. The standard InChI is InChI=1S/C18H20N4O2/c1-2-16(23)21-15-10-14(13(11-20-15)17(19)24)22-18(8-9-18)12-6-4-3-5-7-12/h3-7,10-11H,2,8-9H2,1H3,(H2,19,24)(H2,20,21,22,23). The fourth-order valence-corrected chi connectivity index (χ4v) is 2.68. The van der Waals surface area contributed by atoms with Crippen molar-refractivity contribution in [3.8, 4) is 0 Å². The van der Waals surface area contributed by atoms with Crippen LogP contribution in [0.5, 0.6) is 0 Å². The van der Waals surface area contributed by atoms with E-state index in [0.29, 0.717) is 23.5 Å². The van der Waals surface area contributed by atoms with Gasteiger partial charge in [-0.05, 0) is 18.4 Å². The van der Waals surface area contributed by atoms with Gasteiger partial charge in [0.25, 0.3) is 5.91 Å². The molecule has 2 aromatic rings. The first-order chi connectivity index (χ1) is 11.5. The van der Waals surface area contributed by atoms with Crippen molar-refractivity contribution in [2.75, 3.05) is 10.6 Å². The first-order valence-electron chi connectivity index (χ1n) is 7.97. The average molecular weight is 324 g/mol. The number of nitrogens with zero attached hydrogens (tertiary/aromatic N) is 1. The highest BCUT2D eigenvalue weighted by molar-refractivity contribution is 5.99. The van der Waals surface area contributed by atoms with E-state index in [9.17, 15) is 9.59 Å². The molecule has 0 radical (unpaired) electrons. The minimum atomic E-state index is -0.553. The third-order valence-corrected chi connectivity index (χ3v) is 4.21. The quantitative estimate of drug-likeness (QED) is 0.761. The number of carbonyl (C=O) groups is 2. The number of anilines is 2. The number of pyridine rings is 1. The van der Waals surface area contributed by atoms with Crippen LogP contribution in [0.3, 0.4) is 0 Å². The number of amides is 2. The summed E-state index contributed by atoms with van der Waals surface area (Å²) in [6.45, 7) is 1.76. The van der Waals surface area contributed by atoms with Crippen LogP contribution >= 0.6 is 0 Å². The van der Waals surface area contributed by atoms with E-state index >= 15 is 0 Å². The van der Waals surface area contributed by atoms with Gasteiger partial charge in [0.15, 0.2) is 0 Å². The highest BCUT2D eigenvalue weighted by Gasteiger charge is 2.44. The fraction of sp³-hybridized carbons (Fsp3) is 0.278. The maximum atomic E-state index is 11.7. The van der Waals surface area contributed by atoms with Crippen LogP contribution in [0, 0.1) is 0 Å². The van der Waals surface area contributed by atoms with Gasteiger partial charge in [0.05, 0.1) is 16.8 Å². The average Bonchev–Trinajstić information content (AvgIpc) is 3.36. The number of hydrogen-bond acceptors (Lipinski definition) is 4. The Labute approximate surface area is 140 Å². The number of carbonyl (C=O) groups excluding carboxylic acids is 2. The summed E-state index contributed by atoms with van der Waals surface area (Å²) in [5.74, 6) is -0.287. The van der Waals surface area contributed by atoms with Gasteiger partial charge >= 0.3 is 0 Å². The first-order valence-corrected chi connectivity index (χ1v) is 7.97. The molecular formula is C18H20N4O2. The number of primary amides is 1. The van der Waals surface area contributed by atoms with Crippen molar-refractivity contribution in [2.24, 2.45) is 5.73 Å². The summed E-state index contributed by atoms with van der Waals surface area (Å²) >= 11 is 0. The minimum Gasteiger partial charge on any atom is -0.375 e. The third-order valence-electron chi connectivity index (χ3n) is 4.21. The van der Waals surface area contributed by atoms with Crippen molar-refractivity contribution in [1.82, 2.24) is 4.98 Å². The lowest BCUT2D eigenvalue weighted by molar-refractivity contribution is -0.115. The molecule has 24 heavy (non-hydrogen) atoms. The Hall–Kier alpha value is -2.89. The number of rotatable bonds is 6. The molecule has 0 spiro atoms. The zero-order valence-corrected chi connectivity index (χ0v) is 13.5. The summed E-state index contributed by atoms with van der Waals surface area (Å²) in [5, 5.41) is 6.14. The monoisotopic (exact) mass is 324 g/mol. The van der Waals surface area contributed by atoms with E-state index in [0.717, 1.165) is 18.4 Å². The van der Waals surface area contributed by atoms with E-state index in [1.165, 1.54) is 6.20 Å². The minimum absolute atomic E-state index is 0.135. The number of aromatic nitrogens is 1. The van der Waals surface area contributed by atoms with Crippen LogP contribution < -0.4 is 16.4 Å². The van der Waals surface area contributed by atoms with Gasteiger partial charge in [0, 0.05) is 18.7 Å². The summed E-state index contributed by atoms with van der Waals surface area (Å²) in [7, 11) is 0. The molecule has 6 heteroatoms. The molecule has 1 aromatic carbocycles. The maximum Gasteiger partial charge on any atom is 0.252 e. The molecule has 1 saturated carbocycles. The molecule has 1 aliphatic rings. The van der Waals surface area contributed by atoms with Gasteiger partial charge in [-0.3, -0.25) is 9.59 Å². The van der Waals surface area contributed by atoms with Crippen molar-refractivity contribution < 1.29 is 9.59 Å². The fourth-order valence-electron chi connectivity index (χ4n) is 2.68. The second-order valence-electron chi connectivity index (χ2n) is 5.95. The van der Waals surface area contributed by atoms with E-state index in [1.807, 2.05) is 18.2 Å². The summed E-state index contributed by atoms with van der Waals surface area (Å²) in [5.41, 5.74) is 7.33. The van der Waals surface area contributed by atoms with Crippen molar-refractivity contribution in [1.29, 1.82) is 0 Å². The Bertz CT molecular complexity index is 770. The van der Waals surface area contributed by atoms with E-state index in [-0.39, 0.29) is 11.4 Å². The molecule has 4 N–H and O–H groups in total. The number of nitrogens with two attached hydrogens (primary N) is 1. The molecule has 0 bridgehead atoms. The van der Waals surface area contributed by atoms with Crippen LogP contribution in [0.1, 0.15) is 42.1 Å². The van der Waals surface area contributed by atoms with Crippen LogP contribution in [0.15, 0.2) is 42.6 Å². The Morgan fingerprint density at radius 2 is 1.96 bits per heavy atom. The Kier molecular flexibility index (Phi) is 4.20. The molecule has 3 rings (SSSR count). The lowest BCUT2D eigenvalue weighted by Gasteiger charge is -2.21. The molecule has 0 aliphatic heterocycles. The Balaban J connectivity index is 1.92. The van der Waals surface area contributed by atoms with Crippen molar-refractivity contribution >= 4 is 23.3 Å². The van der Waals surface area contributed by atoms with Gasteiger partial charge < -0.3 is 16.4 Å². The molecular weight excluding hydrogens is 304 g/mol. The number of benzene rings is 1. The highest BCUT2D eigenvalue weighted by Crippen LogP contribution is 2.48. The van der Waals surface area contributed by atoms with Crippen molar-refractivity contribution in [3.63, 3.8) is 0 Å². The highest BCUT2D eigenvalue weighted by atomic mass is 16.2. The lowest BCUT2D eigenvalue weighted by atomic mass is 10.0. The molecule has 1 fully saturated rings. The van der Waals surface area contributed by atoms with Crippen molar-refractivity contribution in [2.45, 2.75) is 31.7 Å². The second kappa shape index (κ2) is 6.31. The topological polar surface area (TPSA) is 97.1 Å². The Morgan fingerprint density at radius 3 is 2.54 bits per heavy atom. The normalized spacial score (nSPS) is 14.7. The molecule has 1 heterocycles. The second-order valence-corrected chi connectivity index (χ2v) is 5.95. The van der Waals surface area contributed by atoms with Gasteiger partial charge in [0.1, 0.15) is 5.82 Å². The maximum absolute atomic E-state index is 11.7. The molecule has 1 aliphatic carbocycles.